The number of hydrogen-bond donors (Lipinski definition) is 2. The maximum absolute atomic E-state index is 11.9. The quantitative estimate of drug-likeness (QED) is 0.857. The Kier molecular flexibility index (Phi) is 5.26. The van der Waals surface area contributed by atoms with E-state index in [0.29, 0.717) is 11.4 Å². The fourth-order valence-electron chi connectivity index (χ4n) is 1.80. The number of aryl methyl sites for hydroxylation is 1. The Morgan fingerprint density at radius 1 is 1.30 bits per heavy atom. The van der Waals surface area contributed by atoms with Crippen molar-refractivity contribution in [1.29, 1.82) is 0 Å². The fourth-order valence-corrected chi connectivity index (χ4v) is 2.57. The minimum atomic E-state index is -0.0609. The minimum Gasteiger partial charge on any atom is -0.392 e. The summed E-state index contributed by atoms with van der Waals surface area (Å²) >= 11 is 1.44. The molecule has 0 unspecified atom stereocenters. The molecule has 4 nitrogen and oxygen atoms in total. The molecule has 1 amide bonds. The molecule has 0 saturated heterocycles. The van der Waals surface area contributed by atoms with Gasteiger partial charge in [0.05, 0.1) is 17.8 Å². The van der Waals surface area contributed by atoms with Crippen LogP contribution >= 0.6 is 11.3 Å². The van der Waals surface area contributed by atoms with E-state index in [1.807, 2.05) is 31.2 Å². The van der Waals surface area contributed by atoms with E-state index in [1.165, 1.54) is 11.3 Å². The van der Waals surface area contributed by atoms with Crippen LogP contribution in [0.3, 0.4) is 0 Å². The van der Waals surface area contributed by atoms with Crippen molar-refractivity contribution in [3.05, 3.63) is 51.5 Å². The highest BCUT2D eigenvalue weighted by atomic mass is 32.1. The van der Waals surface area contributed by atoms with Gasteiger partial charge in [-0.05, 0) is 24.0 Å². The topological polar surface area (TPSA) is 62.2 Å². The number of nitrogens with zero attached hydrogens (tertiary/aromatic N) is 1. The van der Waals surface area contributed by atoms with Crippen molar-refractivity contribution in [2.45, 2.75) is 26.4 Å². The Labute approximate surface area is 122 Å². The van der Waals surface area contributed by atoms with Gasteiger partial charge >= 0.3 is 0 Å². The SMILES string of the molecule is CCc1ncc(C(=O)NCCc2ccc(CO)cc2)s1. The van der Waals surface area contributed by atoms with Gasteiger partial charge in [0.25, 0.3) is 5.91 Å². The summed E-state index contributed by atoms with van der Waals surface area (Å²) in [5.41, 5.74) is 2.04. The molecule has 1 heterocycles. The van der Waals surface area contributed by atoms with Crippen LogP contribution < -0.4 is 5.32 Å². The number of aliphatic hydroxyl groups is 1. The summed E-state index contributed by atoms with van der Waals surface area (Å²) in [4.78, 5) is 16.7. The van der Waals surface area contributed by atoms with Crippen LogP contribution in [0.5, 0.6) is 0 Å². The molecule has 1 aromatic heterocycles. The van der Waals surface area contributed by atoms with Gasteiger partial charge < -0.3 is 10.4 Å². The third-order valence-electron chi connectivity index (χ3n) is 2.98. The van der Waals surface area contributed by atoms with Gasteiger partial charge in [-0.2, -0.15) is 0 Å². The second-order valence-electron chi connectivity index (χ2n) is 4.45. The molecule has 106 valence electrons. The third-order valence-corrected chi connectivity index (χ3v) is 4.13. The van der Waals surface area contributed by atoms with E-state index in [-0.39, 0.29) is 12.5 Å². The molecule has 0 fully saturated rings. The molecule has 0 saturated carbocycles. The number of aliphatic hydroxyl groups excluding tert-OH is 1. The molecule has 0 spiro atoms. The largest absolute Gasteiger partial charge is 0.392 e. The summed E-state index contributed by atoms with van der Waals surface area (Å²) in [5.74, 6) is -0.0609. The maximum Gasteiger partial charge on any atom is 0.263 e. The lowest BCUT2D eigenvalue weighted by atomic mass is 10.1. The summed E-state index contributed by atoms with van der Waals surface area (Å²) in [5, 5.41) is 12.8. The molecule has 0 atom stereocenters. The number of hydrogen-bond acceptors (Lipinski definition) is 4. The Bertz CT molecular complexity index is 564. The van der Waals surface area contributed by atoms with Crippen molar-refractivity contribution in [3.8, 4) is 0 Å². The van der Waals surface area contributed by atoms with Crippen LogP contribution in [0.4, 0.5) is 0 Å². The first-order chi connectivity index (χ1) is 9.72. The van der Waals surface area contributed by atoms with Crippen molar-refractivity contribution in [3.63, 3.8) is 0 Å². The molecule has 5 heteroatoms. The standard InChI is InChI=1S/C15H18N2O2S/c1-2-14-17-9-13(20-14)15(19)16-8-7-11-3-5-12(10-18)6-4-11/h3-6,9,18H,2,7-8,10H2,1H3,(H,16,19). The predicted octanol–water partition coefficient (Wildman–Crippen LogP) is 2.17. The van der Waals surface area contributed by atoms with Crippen molar-refractivity contribution >= 4 is 17.2 Å². The van der Waals surface area contributed by atoms with Gasteiger partial charge in [0.15, 0.2) is 0 Å². The summed E-state index contributed by atoms with van der Waals surface area (Å²) < 4.78 is 0. The van der Waals surface area contributed by atoms with Gasteiger partial charge in [0.1, 0.15) is 4.88 Å². The number of thiazole rings is 1. The number of aromatic nitrogens is 1. The van der Waals surface area contributed by atoms with Crippen LogP contribution in [0, 0.1) is 0 Å². The normalized spacial score (nSPS) is 10.5. The van der Waals surface area contributed by atoms with Crippen LogP contribution in [0.1, 0.15) is 32.7 Å². The van der Waals surface area contributed by atoms with Crippen LogP contribution in [0.25, 0.3) is 0 Å². The lowest BCUT2D eigenvalue weighted by Crippen LogP contribution is -2.24. The molecular weight excluding hydrogens is 272 g/mol. The number of carbonyl (C=O) groups is 1. The van der Waals surface area contributed by atoms with E-state index < -0.39 is 0 Å². The highest BCUT2D eigenvalue weighted by molar-refractivity contribution is 7.13. The number of benzene rings is 1. The van der Waals surface area contributed by atoms with Gasteiger partial charge in [0.2, 0.25) is 0 Å². The van der Waals surface area contributed by atoms with E-state index in [9.17, 15) is 4.79 Å². The first-order valence-corrected chi connectivity index (χ1v) is 7.46. The number of rotatable bonds is 6. The van der Waals surface area contributed by atoms with Crippen molar-refractivity contribution in [1.82, 2.24) is 10.3 Å². The average molecular weight is 290 g/mol. The summed E-state index contributed by atoms with van der Waals surface area (Å²) in [6.45, 7) is 2.68. The van der Waals surface area contributed by atoms with Gasteiger partial charge in [-0.25, -0.2) is 4.98 Å². The fraction of sp³-hybridized carbons (Fsp3) is 0.333. The monoisotopic (exact) mass is 290 g/mol. The summed E-state index contributed by atoms with van der Waals surface area (Å²) in [6, 6.07) is 7.74. The van der Waals surface area contributed by atoms with Gasteiger partial charge in [-0.15, -0.1) is 11.3 Å². The first kappa shape index (κ1) is 14.7. The second kappa shape index (κ2) is 7.17. The van der Waals surface area contributed by atoms with E-state index in [0.717, 1.165) is 29.0 Å². The molecule has 2 aromatic rings. The minimum absolute atomic E-state index is 0.0577. The zero-order valence-corrected chi connectivity index (χ0v) is 12.2. The van der Waals surface area contributed by atoms with E-state index >= 15 is 0 Å². The second-order valence-corrected chi connectivity index (χ2v) is 5.57. The van der Waals surface area contributed by atoms with Gasteiger partial charge in [-0.3, -0.25) is 4.79 Å². The highest BCUT2D eigenvalue weighted by Gasteiger charge is 2.08. The van der Waals surface area contributed by atoms with Crippen LogP contribution in [-0.4, -0.2) is 22.5 Å². The Balaban J connectivity index is 1.81. The number of amides is 1. The van der Waals surface area contributed by atoms with E-state index in [4.69, 9.17) is 5.11 Å². The highest BCUT2D eigenvalue weighted by Crippen LogP contribution is 2.13. The first-order valence-electron chi connectivity index (χ1n) is 6.64. The van der Waals surface area contributed by atoms with E-state index in [2.05, 4.69) is 10.3 Å². The van der Waals surface area contributed by atoms with Crippen LogP contribution in [-0.2, 0) is 19.4 Å². The Morgan fingerprint density at radius 3 is 2.60 bits per heavy atom. The molecule has 20 heavy (non-hydrogen) atoms. The lowest BCUT2D eigenvalue weighted by Gasteiger charge is -2.04. The zero-order valence-electron chi connectivity index (χ0n) is 11.4. The predicted molar refractivity (Wildman–Crippen MR) is 79.9 cm³/mol. The summed E-state index contributed by atoms with van der Waals surface area (Å²) in [6.07, 6.45) is 3.26. The van der Waals surface area contributed by atoms with Crippen molar-refractivity contribution < 1.29 is 9.90 Å². The smallest absolute Gasteiger partial charge is 0.263 e. The van der Waals surface area contributed by atoms with Crippen LogP contribution in [0.15, 0.2) is 30.5 Å². The third kappa shape index (κ3) is 3.88. The maximum atomic E-state index is 11.9. The van der Waals surface area contributed by atoms with Gasteiger partial charge in [-0.1, -0.05) is 31.2 Å². The Morgan fingerprint density at radius 2 is 2.00 bits per heavy atom. The number of carbonyl (C=O) groups excluding carboxylic acids is 1. The molecule has 0 aliphatic carbocycles. The van der Waals surface area contributed by atoms with E-state index in [1.54, 1.807) is 6.20 Å². The molecular formula is C15H18N2O2S. The lowest BCUT2D eigenvalue weighted by molar-refractivity contribution is 0.0958. The average Bonchev–Trinajstić information content (AvgIpc) is 2.97. The van der Waals surface area contributed by atoms with Crippen molar-refractivity contribution in [2.24, 2.45) is 0 Å². The van der Waals surface area contributed by atoms with Crippen molar-refractivity contribution in [2.75, 3.05) is 6.54 Å². The molecule has 2 rings (SSSR count). The molecule has 0 aliphatic rings. The molecule has 0 aliphatic heterocycles. The molecule has 0 radical (unpaired) electrons. The molecule has 1 aromatic carbocycles. The summed E-state index contributed by atoms with van der Waals surface area (Å²) in [7, 11) is 0. The molecule has 0 bridgehead atoms. The molecule has 2 N–H and O–H groups in total. The zero-order chi connectivity index (χ0) is 14.4. The number of nitrogens with one attached hydrogen (secondary N) is 1. The Hall–Kier alpha value is -1.72. The van der Waals surface area contributed by atoms with Gasteiger partial charge in [0, 0.05) is 6.54 Å². The van der Waals surface area contributed by atoms with Crippen LogP contribution in [0.2, 0.25) is 0 Å².